The van der Waals surface area contributed by atoms with Crippen LogP contribution in [-0.4, -0.2) is 42.8 Å². The first-order valence-corrected chi connectivity index (χ1v) is 7.73. The topological polar surface area (TPSA) is 54.5 Å². The average Bonchev–Trinajstić information content (AvgIpc) is 2.88. The van der Waals surface area contributed by atoms with Crippen molar-refractivity contribution >= 4 is 27.1 Å². The van der Waals surface area contributed by atoms with E-state index < -0.39 is 9.84 Å². The van der Waals surface area contributed by atoms with Crippen LogP contribution < -0.4 is 0 Å². The van der Waals surface area contributed by atoms with Gasteiger partial charge in [-0.15, -0.1) is 11.3 Å². The lowest BCUT2D eigenvalue weighted by atomic mass is 10.2. The Labute approximate surface area is 97.8 Å². The number of sulfone groups is 1. The molecule has 3 rings (SSSR count). The third-order valence-electron chi connectivity index (χ3n) is 3.30. The Bertz CT molecular complexity index is 520. The van der Waals surface area contributed by atoms with Crippen LogP contribution in [0.3, 0.4) is 0 Å². The van der Waals surface area contributed by atoms with Gasteiger partial charge >= 0.3 is 0 Å². The molecule has 0 aromatic carbocycles. The van der Waals surface area contributed by atoms with Crippen LogP contribution in [0.2, 0.25) is 0 Å². The molecule has 1 aromatic heterocycles. The Morgan fingerprint density at radius 1 is 1.50 bits per heavy atom. The molecule has 2 aliphatic heterocycles. The van der Waals surface area contributed by atoms with Crippen molar-refractivity contribution in [3.8, 4) is 0 Å². The summed E-state index contributed by atoms with van der Waals surface area (Å²) in [6.45, 7) is 0.379. The number of carbonyl (C=O) groups excluding carboxylic acids is 1. The standard InChI is InChI=1S/C10H11NO3S2/c12-10(9-2-1-3-15-9)11-5-8-4-7(11)6-16(8,13)14/h1-3,7-8H,4-6H2. The van der Waals surface area contributed by atoms with Gasteiger partial charge in [0.1, 0.15) is 0 Å². The summed E-state index contributed by atoms with van der Waals surface area (Å²) in [7, 11) is -2.91. The zero-order valence-electron chi connectivity index (χ0n) is 8.50. The second kappa shape index (κ2) is 3.30. The Morgan fingerprint density at radius 2 is 2.31 bits per heavy atom. The fraction of sp³-hybridized carbons (Fsp3) is 0.500. The van der Waals surface area contributed by atoms with Crippen LogP contribution in [0.1, 0.15) is 16.1 Å². The summed E-state index contributed by atoms with van der Waals surface area (Å²) in [6, 6.07) is 3.53. The second-order valence-electron chi connectivity index (χ2n) is 4.28. The molecule has 1 amide bonds. The van der Waals surface area contributed by atoms with Crippen LogP contribution in [0, 0.1) is 0 Å². The molecule has 16 heavy (non-hydrogen) atoms. The zero-order chi connectivity index (χ0) is 11.3. The van der Waals surface area contributed by atoms with Gasteiger partial charge in [-0.3, -0.25) is 4.79 Å². The highest BCUT2D eigenvalue weighted by atomic mass is 32.2. The summed E-state index contributed by atoms with van der Waals surface area (Å²) in [5, 5.41) is 1.54. The Morgan fingerprint density at radius 3 is 2.81 bits per heavy atom. The number of fused-ring (bicyclic) bond motifs is 2. The van der Waals surface area contributed by atoms with Crippen LogP contribution in [0.4, 0.5) is 0 Å². The first kappa shape index (κ1) is 10.3. The van der Waals surface area contributed by atoms with Crippen molar-refractivity contribution in [3.63, 3.8) is 0 Å². The van der Waals surface area contributed by atoms with E-state index in [-0.39, 0.29) is 23.0 Å². The van der Waals surface area contributed by atoms with Gasteiger partial charge in [-0.05, 0) is 17.9 Å². The highest BCUT2D eigenvalue weighted by molar-refractivity contribution is 7.92. The summed E-state index contributed by atoms with van der Waals surface area (Å²) in [6.07, 6.45) is 0.624. The first-order chi connectivity index (χ1) is 7.58. The third-order valence-corrected chi connectivity index (χ3v) is 6.37. The molecule has 0 saturated carbocycles. The van der Waals surface area contributed by atoms with E-state index in [9.17, 15) is 13.2 Å². The third kappa shape index (κ3) is 1.40. The summed E-state index contributed by atoms with van der Waals surface area (Å²) in [4.78, 5) is 14.5. The van der Waals surface area contributed by atoms with Gasteiger partial charge in [0.2, 0.25) is 0 Å². The predicted molar refractivity (Wildman–Crippen MR) is 61.3 cm³/mol. The molecule has 3 heterocycles. The minimum atomic E-state index is -2.91. The molecule has 0 radical (unpaired) electrons. The molecular formula is C10H11NO3S2. The van der Waals surface area contributed by atoms with Crippen LogP contribution in [0.5, 0.6) is 0 Å². The first-order valence-electron chi connectivity index (χ1n) is 5.14. The van der Waals surface area contributed by atoms with Crippen LogP contribution in [-0.2, 0) is 9.84 Å². The van der Waals surface area contributed by atoms with Gasteiger partial charge in [0.25, 0.3) is 5.91 Å². The van der Waals surface area contributed by atoms with E-state index in [0.717, 1.165) is 0 Å². The van der Waals surface area contributed by atoms with Crippen molar-refractivity contribution in [1.29, 1.82) is 0 Å². The second-order valence-corrected chi connectivity index (χ2v) is 7.55. The van der Waals surface area contributed by atoms with E-state index in [1.165, 1.54) is 11.3 Å². The van der Waals surface area contributed by atoms with Crippen molar-refractivity contribution in [2.75, 3.05) is 12.3 Å². The molecule has 2 fully saturated rings. The van der Waals surface area contributed by atoms with Gasteiger partial charge in [-0.25, -0.2) is 8.42 Å². The van der Waals surface area contributed by atoms with Gasteiger partial charge in [-0.1, -0.05) is 6.07 Å². The van der Waals surface area contributed by atoms with E-state index in [1.54, 1.807) is 11.0 Å². The van der Waals surface area contributed by atoms with Crippen molar-refractivity contribution < 1.29 is 13.2 Å². The number of rotatable bonds is 1. The molecule has 2 unspecified atom stereocenters. The van der Waals surface area contributed by atoms with E-state index >= 15 is 0 Å². The van der Waals surface area contributed by atoms with Crippen molar-refractivity contribution in [1.82, 2.24) is 4.90 Å². The Hall–Kier alpha value is -0.880. The lowest BCUT2D eigenvalue weighted by Crippen LogP contribution is -2.43. The minimum Gasteiger partial charge on any atom is -0.333 e. The number of carbonyl (C=O) groups is 1. The summed E-state index contributed by atoms with van der Waals surface area (Å²) in [5.41, 5.74) is 0. The van der Waals surface area contributed by atoms with E-state index in [4.69, 9.17) is 0 Å². The molecule has 0 N–H and O–H groups in total. The van der Waals surface area contributed by atoms with Crippen LogP contribution >= 0.6 is 11.3 Å². The number of hydrogen-bond donors (Lipinski definition) is 0. The molecule has 86 valence electrons. The van der Waals surface area contributed by atoms with Crippen molar-refractivity contribution in [3.05, 3.63) is 22.4 Å². The van der Waals surface area contributed by atoms with E-state index in [1.807, 2.05) is 11.4 Å². The summed E-state index contributed by atoms with van der Waals surface area (Å²) >= 11 is 1.40. The van der Waals surface area contributed by atoms with E-state index in [2.05, 4.69) is 0 Å². The van der Waals surface area contributed by atoms with Gasteiger partial charge in [0.05, 0.1) is 15.9 Å². The van der Waals surface area contributed by atoms with Crippen LogP contribution in [0.25, 0.3) is 0 Å². The molecule has 0 spiro atoms. The SMILES string of the molecule is O=C(c1cccs1)N1CC2CC1CS2(=O)=O. The lowest BCUT2D eigenvalue weighted by molar-refractivity contribution is 0.0751. The fourth-order valence-electron chi connectivity index (χ4n) is 2.49. The molecule has 2 aliphatic rings. The maximum Gasteiger partial charge on any atom is 0.264 e. The Balaban J connectivity index is 1.84. The number of nitrogens with zero attached hydrogens (tertiary/aromatic N) is 1. The number of amides is 1. The fourth-order valence-corrected chi connectivity index (χ4v) is 5.19. The molecule has 6 heteroatoms. The molecule has 2 atom stereocenters. The monoisotopic (exact) mass is 257 g/mol. The number of likely N-dealkylation sites (tertiary alicyclic amines) is 1. The number of hydrogen-bond acceptors (Lipinski definition) is 4. The van der Waals surface area contributed by atoms with Crippen molar-refractivity contribution in [2.24, 2.45) is 0 Å². The van der Waals surface area contributed by atoms with Crippen LogP contribution in [0.15, 0.2) is 17.5 Å². The molecule has 0 aliphatic carbocycles. The molecular weight excluding hydrogens is 246 g/mol. The maximum absolute atomic E-state index is 12.1. The molecule has 2 bridgehead atoms. The van der Waals surface area contributed by atoms with Gasteiger partial charge in [0.15, 0.2) is 9.84 Å². The smallest absolute Gasteiger partial charge is 0.264 e. The minimum absolute atomic E-state index is 0.0163. The average molecular weight is 257 g/mol. The van der Waals surface area contributed by atoms with Crippen molar-refractivity contribution in [2.45, 2.75) is 17.7 Å². The number of thiophene rings is 1. The maximum atomic E-state index is 12.1. The molecule has 2 saturated heterocycles. The van der Waals surface area contributed by atoms with Gasteiger partial charge < -0.3 is 4.90 Å². The predicted octanol–water partition coefficient (Wildman–Crippen LogP) is 0.760. The largest absolute Gasteiger partial charge is 0.333 e. The van der Waals surface area contributed by atoms with Gasteiger partial charge in [-0.2, -0.15) is 0 Å². The van der Waals surface area contributed by atoms with E-state index in [0.29, 0.717) is 17.8 Å². The summed E-state index contributed by atoms with van der Waals surface area (Å²) in [5.74, 6) is 0.131. The summed E-state index contributed by atoms with van der Waals surface area (Å²) < 4.78 is 23.1. The Kier molecular flexibility index (Phi) is 2.12. The van der Waals surface area contributed by atoms with Gasteiger partial charge in [0, 0.05) is 12.6 Å². The molecule has 4 nitrogen and oxygen atoms in total. The highest BCUT2D eigenvalue weighted by Crippen LogP contribution is 2.34. The molecule has 1 aromatic rings. The lowest BCUT2D eigenvalue weighted by Gasteiger charge is -2.26. The quantitative estimate of drug-likeness (QED) is 0.746. The zero-order valence-corrected chi connectivity index (χ0v) is 10.1. The highest BCUT2D eigenvalue weighted by Gasteiger charge is 2.50. The normalized spacial score (nSPS) is 30.9.